The molecule has 2 amide bonds. The van der Waals surface area contributed by atoms with Crippen LogP contribution in [0.4, 0.5) is 19.4 Å². The number of carbonyl (C=O) groups excluding carboxylic acids is 1. The van der Waals surface area contributed by atoms with Gasteiger partial charge in [-0.05, 0) is 44.7 Å². The van der Waals surface area contributed by atoms with E-state index in [9.17, 15) is 13.6 Å². The molecule has 1 saturated heterocycles. The van der Waals surface area contributed by atoms with Gasteiger partial charge in [-0.15, -0.1) is 0 Å². The molecule has 3 N–H and O–H groups in total. The van der Waals surface area contributed by atoms with Crippen molar-refractivity contribution in [1.29, 1.82) is 0 Å². The number of alkyl halides is 2. The number of nitrogens with one attached hydrogen (secondary N) is 1. The van der Waals surface area contributed by atoms with Crippen LogP contribution in [-0.2, 0) is 12.0 Å². The highest BCUT2D eigenvalue weighted by Crippen LogP contribution is 2.44. The molecule has 10 heteroatoms. The average molecular weight is 418 g/mol. The van der Waals surface area contributed by atoms with Crippen LogP contribution >= 0.6 is 0 Å². The van der Waals surface area contributed by atoms with Crippen LogP contribution in [0.3, 0.4) is 0 Å². The summed E-state index contributed by atoms with van der Waals surface area (Å²) in [6.07, 6.45) is 5.64. The molecular weight excluding hydrogens is 394 g/mol. The number of hydrogen-bond acceptors (Lipinski definition) is 5. The number of rotatable bonds is 4. The second-order valence-electron chi connectivity index (χ2n) is 8.85. The quantitative estimate of drug-likeness (QED) is 0.796. The van der Waals surface area contributed by atoms with Crippen LogP contribution in [0.15, 0.2) is 18.3 Å². The monoisotopic (exact) mass is 418 g/mol. The van der Waals surface area contributed by atoms with E-state index in [-0.39, 0.29) is 28.6 Å². The molecule has 4 heterocycles. The van der Waals surface area contributed by atoms with Crippen molar-refractivity contribution in [1.82, 2.24) is 25.0 Å². The van der Waals surface area contributed by atoms with Gasteiger partial charge in [0.25, 0.3) is 0 Å². The normalized spacial score (nSPS) is 20.6. The molecule has 1 spiro atoms. The Morgan fingerprint density at radius 1 is 1.30 bits per heavy atom. The summed E-state index contributed by atoms with van der Waals surface area (Å²) in [6.45, 7) is 1.17. The summed E-state index contributed by atoms with van der Waals surface area (Å²) < 4.78 is 31.6. The summed E-state index contributed by atoms with van der Waals surface area (Å²) in [7, 11) is 0. The van der Waals surface area contributed by atoms with E-state index < -0.39 is 6.61 Å². The summed E-state index contributed by atoms with van der Waals surface area (Å²) in [6, 6.07) is 3.38. The first-order valence-electron chi connectivity index (χ1n) is 10.1. The number of amides is 2. The van der Waals surface area contributed by atoms with Gasteiger partial charge in [0.1, 0.15) is 0 Å². The maximum Gasteiger partial charge on any atom is 0.387 e. The fourth-order valence-corrected chi connectivity index (χ4v) is 4.71. The summed E-state index contributed by atoms with van der Waals surface area (Å²) in [5, 5.41) is 7.77. The standard InChI is InChI=1S/C20H24F2N6O2/c1-19(3-2-4-19)25-18(29)27-10-20(11-27)5-6-28-15(20)8-13(26-28)12-7-14(30-17(21)22)16(23)24-9-12/h7-9,17H,2-6,10-11H2,1H3,(H2,23,24)(H,25,29). The first-order valence-corrected chi connectivity index (χ1v) is 10.1. The zero-order chi connectivity index (χ0) is 21.1. The molecule has 1 saturated carbocycles. The number of nitrogens with zero attached hydrogens (tertiary/aromatic N) is 4. The van der Waals surface area contributed by atoms with Crippen molar-refractivity contribution >= 4 is 11.8 Å². The molecule has 2 aliphatic heterocycles. The van der Waals surface area contributed by atoms with Crippen LogP contribution in [-0.4, -0.2) is 50.9 Å². The first kappa shape index (κ1) is 19.1. The second-order valence-corrected chi connectivity index (χ2v) is 8.85. The molecule has 8 nitrogen and oxygen atoms in total. The van der Waals surface area contributed by atoms with Crippen molar-refractivity contribution in [2.75, 3.05) is 18.8 Å². The predicted octanol–water partition coefficient (Wildman–Crippen LogP) is 2.74. The first-order chi connectivity index (χ1) is 14.3. The van der Waals surface area contributed by atoms with Gasteiger partial charge in [-0.2, -0.15) is 13.9 Å². The second kappa shape index (κ2) is 6.55. The third-order valence-electron chi connectivity index (χ3n) is 6.66. The molecule has 160 valence electrons. The Morgan fingerprint density at radius 2 is 2.07 bits per heavy atom. The Kier molecular flexibility index (Phi) is 4.16. The maximum absolute atomic E-state index is 12.6. The van der Waals surface area contributed by atoms with E-state index in [4.69, 9.17) is 5.73 Å². The van der Waals surface area contributed by atoms with E-state index in [0.717, 1.165) is 37.9 Å². The number of anilines is 1. The van der Waals surface area contributed by atoms with Crippen molar-refractivity contribution in [3.63, 3.8) is 0 Å². The van der Waals surface area contributed by atoms with Gasteiger partial charge in [0.2, 0.25) is 0 Å². The number of pyridine rings is 1. The highest BCUT2D eigenvalue weighted by Gasteiger charge is 2.52. The highest BCUT2D eigenvalue weighted by atomic mass is 19.3. The van der Waals surface area contributed by atoms with Crippen molar-refractivity contribution in [3.05, 3.63) is 24.0 Å². The van der Waals surface area contributed by atoms with E-state index in [2.05, 4.69) is 27.1 Å². The number of nitrogens with two attached hydrogens (primary N) is 1. The van der Waals surface area contributed by atoms with Crippen molar-refractivity contribution in [2.45, 2.75) is 56.7 Å². The lowest BCUT2D eigenvalue weighted by Gasteiger charge is -2.49. The van der Waals surface area contributed by atoms with Gasteiger partial charge in [-0.25, -0.2) is 9.78 Å². The molecule has 0 aromatic carbocycles. The summed E-state index contributed by atoms with van der Waals surface area (Å²) >= 11 is 0. The third-order valence-corrected chi connectivity index (χ3v) is 6.66. The van der Waals surface area contributed by atoms with Crippen LogP contribution in [0, 0.1) is 0 Å². The Morgan fingerprint density at radius 3 is 2.73 bits per heavy atom. The van der Waals surface area contributed by atoms with E-state index in [1.54, 1.807) is 0 Å². The molecule has 1 aliphatic carbocycles. The number of urea groups is 1. The number of aryl methyl sites for hydroxylation is 1. The minimum absolute atomic E-state index is 0.00228. The van der Waals surface area contributed by atoms with Gasteiger partial charge in [-0.1, -0.05) is 0 Å². The molecule has 3 aliphatic rings. The van der Waals surface area contributed by atoms with Crippen molar-refractivity contribution in [2.24, 2.45) is 0 Å². The number of hydrogen-bond donors (Lipinski definition) is 2. The summed E-state index contributed by atoms with van der Waals surface area (Å²) in [4.78, 5) is 18.4. The van der Waals surface area contributed by atoms with Crippen LogP contribution in [0.5, 0.6) is 5.75 Å². The molecular formula is C20H24F2N6O2. The zero-order valence-electron chi connectivity index (χ0n) is 16.7. The minimum atomic E-state index is -2.98. The van der Waals surface area contributed by atoms with E-state index in [1.165, 1.54) is 12.3 Å². The Balaban J connectivity index is 1.32. The van der Waals surface area contributed by atoms with E-state index in [0.29, 0.717) is 24.3 Å². The maximum atomic E-state index is 12.6. The van der Waals surface area contributed by atoms with Crippen molar-refractivity contribution < 1.29 is 18.3 Å². The van der Waals surface area contributed by atoms with Crippen LogP contribution in [0.25, 0.3) is 11.3 Å². The fraction of sp³-hybridized carbons (Fsp3) is 0.550. The molecule has 0 unspecified atom stereocenters. The van der Waals surface area contributed by atoms with Crippen molar-refractivity contribution in [3.8, 4) is 17.0 Å². The molecule has 0 bridgehead atoms. The molecule has 2 aromatic rings. The SMILES string of the molecule is CC1(NC(=O)N2CC3(CCn4nc(-c5cnc(N)c(OC(F)F)c5)cc43)C2)CCC1. The van der Waals surface area contributed by atoms with Gasteiger partial charge in [-0.3, -0.25) is 4.68 Å². The lowest BCUT2D eigenvalue weighted by molar-refractivity contribution is -0.0494. The van der Waals surface area contributed by atoms with Gasteiger partial charge in [0.15, 0.2) is 11.6 Å². The third kappa shape index (κ3) is 3.05. The number of aromatic nitrogens is 3. The van der Waals surface area contributed by atoms with Crippen LogP contribution in [0.2, 0.25) is 0 Å². The highest BCUT2D eigenvalue weighted by molar-refractivity contribution is 5.77. The number of likely N-dealkylation sites (tertiary alicyclic amines) is 1. The lowest BCUT2D eigenvalue weighted by Crippen LogP contribution is -2.65. The smallest absolute Gasteiger partial charge is 0.387 e. The molecule has 30 heavy (non-hydrogen) atoms. The molecule has 0 atom stereocenters. The number of halogens is 2. The number of nitrogen functional groups attached to an aromatic ring is 1. The number of ether oxygens (including phenoxy) is 1. The van der Waals surface area contributed by atoms with Crippen LogP contribution in [0.1, 0.15) is 38.3 Å². The average Bonchev–Trinajstić information content (AvgIpc) is 3.19. The molecule has 2 aromatic heterocycles. The topological polar surface area (TPSA) is 98.3 Å². The molecule has 2 fully saturated rings. The molecule has 5 rings (SSSR count). The Bertz CT molecular complexity index is 997. The van der Waals surface area contributed by atoms with Gasteiger partial charge >= 0.3 is 12.6 Å². The van der Waals surface area contributed by atoms with Crippen LogP contribution < -0.4 is 15.8 Å². The zero-order valence-corrected chi connectivity index (χ0v) is 16.7. The van der Waals surface area contributed by atoms with Gasteiger partial charge in [0.05, 0.1) is 5.69 Å². The molecule has 0 radical (unpaired) electrons. The lowest BCUT2D eigenvalue weighted by atomic mass is 9.75. The Labute approximate surface area is 172 Å². The van der Waals surface area contributed by atoms with Gasteiger partial charge < -0.3 is 20.7 Å². The number of fused-ring (bicyclic) bond motifs is 2. The van der Waals surface area contributed by atoms with E-state index in [1.807, 2.05) is 15.6 Å². The predicted molar refractivity (Wildman–Crippen MR) is 105 cm³/mol. The fourth-order valence-electron chi connectivity index (χ4n) is 4.71. The van der Waals surface area contributed by atoms with E-state index >= 15 is 0 Å². The minimum Gasteiger partial charge on any atom is -0.431 e. The summed E-state index contributed by atoms with van der Waals surface area (Å²) in [5.74, 6) is -0.260. The summed E-state index contributed by atoms with van der Waals surface area (Å²) in [5.41, 5.74) is 7.70. The Hall–Kier alpha value is -2.91. The van der Waals surface area contributed by atoms with Gasteiger partial charge in [0, 0.05) is 48.0 Å². The largest absolute Gasteiger partial charge is 0.431 e. The number of carbonyl (C=O) groups is 1.